The van der Waals surface area contributed by atoms with Gasteiger partial charge < -0.3 is 10.6 Å². The number of hydrogen-bond donors (Lipinski definition) is 2. The first-order chi connectivity index (χ1) is 9.58. The molecule has 1 heterocycles. The van der Waals surface area contributed by atoms with Crippen LogP contribution in [-0.4, -0.2) is 34.9 Å². The van der Waals surface area contributed by atoms with E-state index in [0.29, 0.717) is 12.0 Å². The molecule has 1 aliphatic rings. The van der Waals surface area contributed by atoms with Gasteiger partial charge in [-0.05, 0) is 45.6 Å². The summed E-state index contributed by atoms with van der Waals surface area (Å²) >= 11 is 0. The number of aliphatic imine (C=N–C) groups is 1. The Morgan fingerprint density at radius 1 is 1.48 bits per heavy atom. The van der Waals surface area contributed by atoms with E-state index in [0.717, 1.165) is 31.3 Å². The van der Waals surface area contributed by atoms with Gasteiger partial charge in [-0.1, -0.05) is 6.92 Å². The van der Waals surface area contributed by atoms with Gasteiger partial charge in [0.05, 0.1) is 5.69 Å². The fourth-order valence-corrected chi connectivity index (χ4v) is 2.20. The van der Waals surface area contributed by atoms with Gasteiger partial charge in [0.2, 0.25) is 0 Å². The van der Waals surface area contributed by atoms with Crippen molar-refractivity contribution >= 4 is 29.9 Å². The summed E-state index contributed by atoms with van der Waals surface area (Å²) in [5, 5.41) is 11.3. The topological polar surface area (TPSA) is 54.2 Å². The molecule has 0 bridgehead atoms. The molecule has 0 amide bonds. The van der Waals surface area contributed by atoms with Crippen LogP contribution in [0.4, 0.5) is 0 Å². The summed E-state index contributed by atoms with van der Waals surface area (Å²) < 4.78 is 2.08. The average molecular weight is 405 g/mol. The number of nitrogens with zero attached hydrogens (tertiary/aromatic N) is 3. The third kappa shape index (κ3) is 6.23. The molecule has 120 valence electrons. The number of hydrogen-bond acceptors (Lipinski definition) is 2. The second-order valence-electron chi connectivity index (χ2n) is 5.85. The lowest BCUT2D eigenvalue weighted by Gasteiger charge is -2.14. The van der Waals surface area contributed by atoms with Gasteiger partial charge in [-0.25, -0.2) is 0 Å². The van der Waals surface area contributed by atoms with Gasteiger partial charge in [0, 0.05) is 31.4 Å². The van der Waals surface area contributed by atoms with Gasteiger partial charge in [-0.2, -0.15) is 5.10 Å². The SMILES string of the molecule is CCNC(=NCC(C)Cn1nc(C)cc1C)NC1CC1.I. The van der Waals surface area contributed by atoms with Crippen molar-refractivity contribution in [3.05, 3.63) is 17.5 Å². The minimum Gasteiger partial charge on any atom is -0.357 e. The highest BCUT2D eigenvalue weighted by atomic mass is 127. The Labute approximate surface area is 145 Å². The first-order valence-electron chi connectivity index (χ1n) is 7.64. The van der Waals surface area contributed by atoms with Crippen LogP contribution in [0.2, 0.25) is 0 Å². The van der Waals surface area contributed by atoms with Crippen LogP contribution in [0.5, 0.6) is 0 Å². The zero-order chi connectivity index (χ0) is 14.5. The second kappa shape index (κ2) is 8.60. The fraction of sp³-hybridized carbons (Fsp3) is 0.733. The van der Waals surface area contributed by atoms with E-state index in [2.05, 4.69) is 52.2 Å². The highest BCUT2D eigenvalue weighted by Crippen LogP contribution is 2.18. The number of rotatable bonds is 6. The molecule has 2 N–H and O–H groups in total. The van der Waals surface area contributed by atoms with Gasteiger partial charge in [-0.15, -0.1) is 24.0 Å². The smallest absolute Gasteiger partial charge is 0.191 e. The lowest BCUT2D eigenvalue weighted by molar-refractivity contribution is 0.449. The third-order valence-corrected chi connectivity index (χ3v) is 3.41. The van der Waals surface area contributed by atoms with Crippen molar-refractivity contribution in [2.45, 2.75) is 53.1 Å². The van der Waals surface area contributed by atoms with Gasteiger partial charge >= 0.3 is 0 Å². The molecule has 1 atom stereocenters. The third-order valence-electron chi connectivity index (χ3n) is 3.41. The lowest BCUT2D eigenvalue weighted by atomic mass is 10.2. The summed E-state index contributed by atoms with van der Waals surface area (Å²) in [6.07, 6.45) is 2.54. The number of guanidine groups is 1. The highest BCUT2D eigenvalue weighted by molar-refractivity contribution is 14.0. The molecule has 1 fully saturated rings. The van der Waals surface area contributed by atoms with E-state index in [1.165, 1.54) is 18.5 Å². The maximum Gasteiger partial charge on any atom is 0.191 e. The van der Waals surface area contributed by atoms with Crippen LogP contribution in [0.1, 0.15) is 38.1 Å². The molecule has 2 rings (SSSR count). The van der Waals surface area contributed by atoms with Crippen LogP contribution in [0.3, 0.4) is 0 Å². The fourth-order valence-electron chi connectivity index (χ4n) is 2.20. The van der Waals surface area contributed by atoms with E-state index in [9.17, 15) is 0 Å². The zero-order valence-corrected chi connectivity index (χ0v) is 15.8. The van der Waals surface area contributed by atoms with E-state index in [1.54, 1.807) is 0 Å². The molecule has 0 aliphatic heterocycles. The van der Waals surface area contributed by atoms with Crippen molar-refractivity contribution in [3.63, 3.8) is 0 Å². The Morgan fingerprint density at radius 3 is 2.71 bits per heavy atom. The molecular weight excluding hydrogens is 377 g/mol. The molecule has 6 heteroatoms. The van der Waals surface area contributed by atoms with Crippen LogP contribution < -0.4 is 10.6 Å². The predicted octanol–water partition coefficient (Wildman–Crippen LogP) is 2.47. The van der Waals surface area contributed by atoms with Crippen molar-refractivity contribution in [2.75, 3.05) is 13.1 Å². The number of halogens is 1. The molecule has 0 radical (unpaired) electrons. The summed E-state index contributed by atoms with van der Waals surface area (Å²) in [6, 6.07) is 2.76. The van der Waals surface area contributed by atoms with Gasteiger partial charge in [-0.3, -0.25) is 9.67 Å². The van der Waals surface area contributed by atoms with Crippen LogP contribution in [-0.2, 0) is 6.54 Å². The molecule has 1 unspecified atom stereocenters. The molecule has 0 saturated heterocycles. The number of nitrogens with one attached hydrogen (secondary N) is 2. The molecule has 1 aromatic rings. The van der Waals surface area contributed by atoms with Crippen molar-refractivity contribution in [1.29, 1.82) is 0 Å². The minimum atomic E-state index is 0. The van der Waals surface area contributed by atoms with Crippen LogP contribution in [0, 0.1) is 19.8 Å². The van der Waals surface area contributed by atoms with Crippen LogP contribution >= 0.6 is 24.0 Å². The van der Waals surface area contributed by atoms with E-state index in [4.69, 9.17) is 0 Å². The second-order valence-corrected chi connectivity index (χ2v) is 5.85. The van der Waals surface area contributed by atoms with Crippen molar-refractivity contribution in [1.82, 2.24) is 20.4 Å². The normalized spacial score (nSPS) is 16.3. The molecule has 0 aromatic carbocycles. The molecule has 1 saturated carbocycles. The Bertz CT molecular complexity index is 465. The largest absolute Gasteiger partial charge is 0.357 e. The molecule has 1 aromatic heterocycles. The van der Waals surface area contributed by atoms with Gasteiger partial charge in [0.25, 0.3) is 0 Å². The van der Waals surface area contributed by atoms with Crippen molar-refractivity contribution in [3.8, 4) is 0 Å². The summed E-state index contributed by atoms with van der Waals surface area (Å²) in [5.41, 5.74) is 2.31. The summed E-state index contributed by atoms with van der Waals surface area (Å²) in [6.45, 7) is 11.1. The lowest BCUT2D eigenvalue weighted by Crippen LogP contribution is -2.38. The Balaban J connectivity index is 0.00000220. The Morgan fingerprint density at radius 2 is 2.19 bits per heavy atom. The maximum absolute atomic E-state index is 4.68. The van der Waals surface area contributed by atoms with Crippen LogP contribution in [0.15, 0.2) is 11.1 Å². The molecule has 21 heavy (non-hydrogen) atoms. The summed E-state index contributed by atoms with van der Waals surface area (Å²) in [5.74, 6) is 1.43. The monoisotopic (exact) mass is 405 g/mol. The van der Waals surface area contributed by atoms with E-state index in [-0.39, 0.29) is 24.0 Å². The standard InChI is InChI=1S/C15H27N5.HI/c1-5-16-15(18-14-6-7-14)17-9-11(2)10-20-13(4)8-12(3)19-20;/h8,11,14H,5-7,9-10H2,1-4H3,(H2,16,17,18);1H. The molecule has 5 nitrogen and oxygen atoms in total. The zero-order valence-electron chi connectivity index (χ0n) is 13.5. The first-order valence-corrected chi connectivity index (χ1v) is 7.64. The van der Waals surface area contributed by atoms with Crippen molar-refractivity contribution in [2.24, 2.45) is 10.9 Å². The minimum absolute atomic E-state index is 0. The Kier molecular flexibility index (Phi) is 7.48. The van der Waals surface area contributed by atoms with Crippen molar-refractivity contribution < 1.29 is 0 Å². The van der Waals surface area contributed by atoms with E-state index in [1.807, 2.05) is 6.92 Å². The summed E-state index contributed by atoms with van der Waals surface area (Å²) in [7, 11) is 0. The molecule has 1 aliphatic carbocycles. The molecule has 0 spiro atoms. The average Bonchev–Trinajstić information content (AvgIpc) is 3.13. The van der Waals surface area contributed by atoms with E-state index < -0.39 is 0 Å². The highest BCUT2D eigenvalue weighted by Gasteiger charge is 2.22. The predicted molar refractivity (Wildman–Crippen MR) is 98.4 cm³/mol. The summed E-state index contributed by atoms with van der Waals surface area (Å²) in [4.78, 5) is 4.68. The quantitative estimate of drug-likeness (QED) is 0.435. The number of aromatic nitrogens is 2. The number of aryl methyl sites for hydroxylation is 2. The van der Waals surface area contributed by atoms with E-state index >= 15 is 0 Å². The van der Waals surface area contributed by atoms with Gasteiger partial charge in [0.1, 0.15) is 0 Å². The van der Waals surface area contributed by atoms with Crippen LogP contribution in [0.25, 0.3) is 0 Å². The molecular formula is C15H28IN5. The van der Waals surface area contributed by atoms with Gasteiger partial charge in [0.15, 0.2) is 5.96 Å². The Hall–Kier alpha value is -0.790. The first kappa shape index (κ1) is 18.3. The maximum atomic E-state index is 4.68.